The van der Waals surface area contributed by atoms with Crippen molar-refractivity contribution in [2.24, 2.45) is 0 Å². The summed E-state index contributed by atoms with van der Waals surface area (Å²) in [6.07, 6.45) is 0. The average molecular weight is 357 g/mol. The zero-order valence-electron chi connectivity index (χ0n) is 9.36. The van der Waals surface area contributed by atoms with Crippen molar-refractivity contribution in [1.29, 1.82) is 0 Å². The third kappa shape index (κ3) is 2.60. The van der Waals surface area contributed by atoms with Gasteiger partial charge in [-0.25, -0.2) is 25.6 Å². The highest BCUT2D eigenvalue weighted by atomic mass is 32.2. The van der Waals surface area contributed by atoms with Gasteiger partial charge in [0.2, 0.25) is 0 Å². The van der Waals surface area contributed by atoms with E-state index < -0.39 is 47.0 Å². The highest BCUT2D eigenvalue weighted by molar-refractivity contribution is 7.94. The van der Waals surface area contributed by atoms with E-state index in [2.05, 4.69) is 0 Å². The van der Waals surface area contributed by atoms with Gasteiger partial charge in [0.05, 0.1) is 0 Å². The molecule has 0 heterocycles. The first kappa shape index (κ1) is 17.7. The first-order chi connectivity index (χ1) is 9.16. The Morgan fingerprint density at radius 2 is 1.38 bits per heavy atom. The summed E-state index contributed by atoms with van der Waals surface area (Å²) in [7, 11) is -13.7. The second-order valence-electron chi connectivity index (χ2n) is 3.57. The van der Waals surface area contributed by atoms with Crippen LogP contribution in [0.1, 0.15) is 0 Å². The van der Waals surface area contributed by atoms with Crippen LogP contribution < -0.4 is 0 Å². The molecule has 0 radical (unpaired) electrons. The SMILES string of the molecule is O=S(=O)([O-])C(F)(F)C(F)(F)S(=O)(=O)c1ccc(F)cc1F. The van der Waals surface area contributed by atoms with Crippen molar-refractivity contribution < 1.29 is 47.7 Å². The molecule has 21 heavy (non-hydrogen) atoms. The summed E-state index contributed by atoms with van der Waals surface area (Å²) in [5, 5.41) is -13.0. The predicted octanol–water partition coefficient (Wildman–Crippen LogP) is 1.47. The molecular formula is C8H3F6O5S2-. The standard InChI is InChI=1S/C8H4F6O5S2/c9-4-1-2-6(5(10)3-4)20(15,16)7(11,12)8(13,14)21(17,18)19/h1-3H,(H,17,18,19)/p-1. The van der Waals surface area contributed by atoms with Gasteiger partial charge in [-0.2, -0.15) is 17.6 Å². The highest BCUT2D eigenvalue weighted by Crippen LogP contribution is 2.45. The summed E-state index contributed by atoms with van der Waals surface area (Å²) >= 11 is 0. The van der Waals surface area contributed by atoms with Gasteiger partial charge in [0.1, 0.15) is 16.5 Å². The highest BCUT2D eigenvalue weighted by Gasteiger charge is 2.70. The number of hydrogen-bond acceptors (Lipinski definition) is 5. The molecule has 1 aromatic carbocycles. The van der Waals surface area contributed by atoms with Crippen molar-refractivity contribution in [3.8, 4) is 0 Å². The smallest absolute Gasteiger partial charge is 0.425 e. The Morgan fingerprint density at radius 1 is 0.905 bits per heavy atom. The van der Waals surface area contributed by atoms with Gasteiger partial charge in [0, 0.05) is 6.07 Å². The van der Waals surface area contributed by atoms with Crippen LogP contribution in [0.5, 0.6) is 0 Å². The van der Waals surface area contributed by atoms with Gasteiger partial charge in [-0.3, -0.25) is 0 Å². The van der Waals surface area contributed by atoms with Crippen LogP contribution in [0.15, 0.2) is 23.1 Å². The molecule has 1 rings (SSSR count). The Labute approximate surface area is 113 Å². The van der Waals surface area contributed by atoms with Crippen molar-refractivity contribution in [3.05, 3.63) is 29.8 Å². The Kier molecular flexibility index (Phi) is 4.09. The van der Waals surface area contributed by atoms with Gasteiger partial charge in [-0.05, 0) is 12.1 Å². The van der Waals surface area contributed by atoms with E-state index >= 15 is 0 Å². The van der Waals surface area contributed by atoms with Crippen molar-refractivity contribution in [3.63, 3.8) is 0 Å². The van der Waals surface area contributed by atoms with Gasteiger partial charge in [0.15, 0.2) is 10.1 Å². The van der Waals surface area contributed by atoms with Gasteiger partial charge < -0.3 is 4.55 Å². The van der Waals surface area contributed by atoms with Crippen LogP contribution in [0, 0.1) is 11.6 Å². The summed E-state index contributed by atoms with van der Waals surface area (Å²) in [5.74, 6) is -3.56. The van der Waals surface area contributed by atoms with E-state index in [9.17, 15) is 47.7 Å². The fourth-order valence-corrected chi connectivity index (χ4v) is 3.21. The molecule has 0 aliphatic carbocycles. The molecule has 1 aromatic rings. The Bertz CT molecular complexity index is 770. The quantitative estimate of drug-likeness (QED) is 0.462. The maximum atomic E-state index is 13.3. The molecule has 0 spiro atoms. The van der Waals surface area contributed by atoms with E-state index in [-0.39, 0.29) is 18.2 Å². The van der Waals surface area contributed by atoms with Crippen molar-refractivity contribution in [2.75, 3.05) is 0 Å². The zero-order valence-corrected chi connectivity index (χ0v) is 11.0. The molecule has 0 bridgehead atoms. The maximum absolute atomic E-state index is 13.3. The van der Waals surface area contributed by atoms with E-state index in [1.807, 2.05) is 0 Å². The minimum absolute atomic E-state index is 0.110. The Balaban J connectivity index is 3.63. The Hall–Kier alpha value is -1.34. The van der Waals surface area contributed by atoms with Crippen molar-refractivity contribution in [1.82, 2.24) is 0 Å². The molecular weight excluding hydrogens is 354 g/mol. The number of hydrogen-bond donors (Lipinski definition) is 0. The first-order valence-electron chi connectivity index (χ1n) is 4.57. The van der Waals surface area contributed by atoms with Crippen LogP contribution in [0.25, 0.3) is 0 Å². The third-order valence-electron chi connectivity index (χ3n) is 2.17. The third-order valence-corrected chi connectivity index (χ3v) is 5.03. The van der Waals surface area contributed by atoms with E-state index in [0.29, 0.717) is 0 Å². The topological polar surface area (TPSA) is 91.3 Å². The summed E-state index contributed by atoms with van der Waals surface area (Å²) in [4.78, 5) is -2.09. The van der Waals surface area contributed by atoms with E-state index in [1.165, 1.54) is 0 Å². The lowest BCUT2D eigenvalue weighted by atomic mass is 10.3. The number of halogens is 6. The number of sulfone groups is 1. The lowest BCUT2D eigenvalue weighted by Crippen LogP contribution is -2.52. The normalized spacial score (nSPS) is 14.2. The molecule has 5 nitrogen and oxygen atoms in total. The Morgan fingerprint density at radius 3 is 1.76 bits per heavy atom. The average Bonchev–Trinajstić information content (AvgIpc) is 2.26. The summed E-state index contributed by atoms with van der Waals surface area (Å²) < 4.78 is 131. The summed E-state index contributed by atoms with van der Waals surface area (Å²) in [6.45, 7) is 0. The molecule has 0 aliphatic rings. The molecule has 0 N–H and O–H groups in total. The second-order valence-corrected chi connectivity index (χ2v) is 6.95. The number of benzene rings is 1. The molecule has 0 unspecified atom stereocenters. The molecule has 0 atom stereocenters. The molecule has 0 fully saturated rings. The molecule has 0 saturated carbocycles. The van der Waals surface area contributed by atoms with Crippen LogP contribution in [0.3, 0.4) is 0 Å². The van der Waals surface area contributed by atoms with Gasteiger partial charge in [-0.1, -0.05) is 0 Å². The monoisotopic (exact) mass is 357 g/mol. The van der Waals surface area contributed by atoms with Crippen molar-refractivity contribution in [2.45, 2.75) is 15.4 Å². The molecule has 120 valence electrons. The number of alkyl halides is 4. The maximum Gasteiger partial charge on any atom is 0.425 e. The van der Waals surface area contributed by atoms with Gasteiger partial charge in [-0.15, -0.1) is 0 Å². The largest absolute Gasteiger partial charge is 0.743 e. The van der Waals surface area contributed by atoms with Crippen LogP contribution in [0.4, 0.5) is 26.3 Å². The lowest BCUT2D eigenvalue weighted by molar-refractivity contribution is -0.101. The second kappa shape index (κ2) is 4.84. The lowest BCUT2D eigenvalue weighted by Gasteiger charge is -2.27. The predicted molar refractivity (Wildman–Crippen MR) is 53.1 cm³/mol. The number of rotatable bonds is 4. The van der Waals surface area contributed by atoms with Gasteiger partial charge >= 0.3 is 10.5 Å². The fraction of sp³-hybridized carbons (Fsp3) is 0.250. The molecule has 0 aromatic heterocycles. The van der Waals surface area contributed by atoms with Crippen molar-refractivity contribution >= 4 is 20.0 Å². The minimum atomic E-state index is -7.08. The minimum Gasteiger partial charge on any atom is -0.743 e. The molecule has 0 aliphatic heterocycles. The molecule has 13 heteroatoms. The fourth-order valence-electron chi connectivity index (χ4n) is 1.13. The van der Waals surface area contributed by atoms with Crippen LogP contribution in [0.2, 0.25) is 0 Å². The molecule has 0 saturated heterocycles. The zero-order chi connectivity index (χ0) is 16.9. The first-order valence-corrected chi connectivity index (χ1v) is 7.46. The summed E-state index contributed by atoms with van der Waals surface area (Å²) in [5.41, 5.74) is 0. The molecule has 0 amide bonds. The van der Waals surface area contributed by atoms with E-state index in [0.717, 1.165) is 0 Å². The van der Waals surface area contributed by atoms with Gasteiger partial charge in [0.25, 0.3) is 9.84 Å². The van der Waals surface area contributed by atoms with Crippen LogP contribution >= 0.6 is 0 Å². The van der Waals surface area contributed by atoms with E-state index in [1.54, 1.807) is 0 Å². The van der Waals surface area contributed by atoms with Crippen LogP contribution in [-0.2, 0) is 20.0 Å². The summed E-state index contributed by atoms with van der Waals surface area (Å²) in [6, 6.07) is -0.149. The van der Waals surface area contributed by atoms with Crippen LogP contribution in [-0.4, -0.2) is 31.9 Å². The van der Waals surface area contributed by atoms with E-state index in [4.69, 9.17) is 0 Å².